The molecule has 0 aromatic carbocycles. The first-order valence-corrected chi connectivity index (χ1v) is 9.58. The van der Waals surface area contributed by atoms with Gasteiger partial charge in [0.25, 0.3) is 0 Å². The van der Waals surface area contributed by atoms with Gasteiger partial charge in [-0.05, 0) is 17.4 Å². The Hall–Kier alpha value is -0.470. The van der Waals surface area contributed by atoms with Crippen LogP contribution in [0.25, 0.3) is 0 Å². The summed E-state index contributed by atoms with van der Waals surface area (Å²) in [6.45, 7) is 4.12. The number of hydrogen-bond acceptors (Lipinski definition) is 5. The van der Waals surface area contributed by atoms with Gasteiger partial charge in [-0.3, -0.25) is 4.90 Å². The van der Waals surface area contributed by atoms with Crippen LogP contribution in [0.4, 0.5) is 0 Å². The predicted octanol–water partition coefficient (Wildman–Crippen LogP) is 0.744. The molecule has 112 valence electrons. The number of hydrogen-bond donors (Lipinski definition) is 1. The summed E-state index contributed by atoms with van der Waals surface area (Å²) in [7, 11) is -3.18. The van der Waals surface area contributed by atoms with E-state index in [1.54, 1.807) is 11.3 Å². The van der Waals surface area contributed by atoms with Crippen molar-refractivity contribution in [2.75, 3.05) is 32.6 Å². The molecular formula is C13H20N2O3S2. The van der Waals surface area contributed by atoms with Crippen molar-refractivity contribution >= 4 is 21.4 Å². The number of nitrogens with zero attached hydrogens (tertiary/aromatic N) is 1. The number of rotatable bonds is 4. The summed E-state index contributed by atoms with van der Waals surface area (Å²) in [6.07, 6.45) is 1.22. The van der Waals surface area contributed by atoms with Crippen molar-refractivity contribution in [2.45, 2.75) is 12.6 Å². The van der Waals surface area contributed by atoms with Crippen molar-refractivity contribution in [3.8, 4) is 0 Å². The highest BCUT2D eigenvalue weighted by atomic mass is 32.2. The molecule has 2 aliphatic heterocycles. The fourth-order valence-corrected chi connectivity index (χ4v) is 4.78. The van der Waals surface area contributed by atoms with E-state index in [2.05, 4.69) is 27.1 Å². The highest BCUT2D eigenvalue weighted by Crippen LogP contribution is 2.31. The lowest BCUT2D eigenvalue weighted by molar-refractivity contribution is 0.0164. The molecule has 0 bridgehead atoms. The first-order chi connectivity index (χ1) is 9.51. The summed E-state index contributed by atoms with van der Waals surface area (Å²) >= 11 is 1.77. The average Bonchev–Trinajstić information content (AvgIpc) is 2.97. The smallest absolute Gasteiger partial charge is 0.209 e. The number of likely N-dealkylation sites (tertiary alicyclic amines) is 1. The van der Waals surface area contributed by atoms with Crippen LogP contribution in [0.2, 0.25) is 0 Å². The Kier molecular flexibility index (Phi) is 4.14. The van der Waals surface area contributed by atoms with Crippen LogP contribution >= 0.6 is 11.3 Å². The Bertz CT molecular complexity index is 544. The zero-order chi connectivity index (χ0) is 14.2. The van der Waals surface area contributed by atoms with Crippen LogP contribution in [0.3, 0.4) is 0 Å². The van der Waals surface area contributed by atoms with Crippen molar-refractivity contribution in [1.29, 1.82) is 0 Å². The summed E-state index contributed by atoms with van der Waals surface area (Å²) in [5.41, 5.74) is 0. The molecule has 2 aliphatic rings. The van der Waals surface area contributed by atoms with Gasteiger partial charge in [0.05, 0.1) is 19.5 Å². The second kappa shape index (κ2) is 5.73. The topological polar surface area (TPSA) is 58.6 Å². The van der Waals surface area contributed by atoms with Crippen LogP contribution in [-0.4, -0.2) is 51.9 Å². The van der Waals surface area contributed by atoms with Crippen LogP contribution < -0.4 is 4.72 Å². The highest BCUT2D eigenvalue weighted by Gasteiger charge is 2.41. The molecule has 0 spiro atoms. The van der Waals surface area contributed by atoms with Crippen LogP contribution in [0.1, 0.15) is 4.88 Å². The number of nitrogens with one attached hydrogen (secondary N) is 1. The van der Waals surface area contributed by atoms with Crippen molar-refractivity contribution in [3.05, 3.63) is 22.4 Å². The van der Waals surface area contributed by atoms with Crippen LogP contribution in [-0.2, 0) is 21.3 Å². The van der Waals surface area contributed by atoms with E-state index in [-0.39, 0.29) is 6.04 Å². The molecule has 3 rings (SSSR count). The van der Waals surface area contributed by atoms with E-state index in [9.17, 15) is 8.42 Å². The molecule has 20 heavy (non-hydrogen) atoms. The number of thiophene rings is 1. The largest absolute Gasteiger partial charge is 0.379 e. The van der Waals surface area contributed by atoms with Gasteiger partial charge < -0.3 is 4.74 Å². The van der Waals surface area contributed by atoms with Crippen LogP contribution in [0.15, 0.2) is 17.5 Å². The first-order valence-electron chi connectivity index (χ1n) is 6.81. The molecule has 1 N–H and O–H groups in total. The Morgan fingerprint density at radius 1 is 1.45 bits per heavy atom. The maximum atomic E-state index is 11.4. The van der Waals surface area contributed by atoms with E-state index >= 15 is 0 Å². The lowest BCUT2D eigenvalue weighted by Gasteiger charge is -2.32. The van der Waals surface area contributed by atoms with Crippen molar-refractivity contribution in [2.24, 2.45) is 11.8 Å². The summed E-state index contributed by atoms with van der Waals surface area (Å²) in [4.78, 5) is 3.77. The van der Waals surface area contributed by atoms with Gasteiger partial charge in [0.2, 0.25) is 10.0 Å². The summed E-state index contributed by atoms with van der Waals surface area (Å²) in [5, 5.41) is 2.09. The summed E-state index contributed by atoms with van der Waals surface area (Å²) < 4.78 is 31.2. The van der Waals surface area contributed by atoms with Gasteiger partial charge in [0.15, 0.2) is 0 Å². The number of ether oxygens (including phenoxy) is 1. The Morgan fingerprint density at radius 2 is 2.30 bits per heavy atom. The van der Waals surface area contributed by atoms with Gasteiger partial charge in [-0.15, -0.1) is 11.3 Å². The monoisotopic (exact) mass is 316 g/mol. The van der Waals surface area contributed by atoms with Crippen molar-refractivity contribution in [1.82, 2.24) is 9.62 Å². The fraction of sp³-hybridized carbons (Fsp3) is 0.692. The molecule has 1 aromatic heterocycles. The zero-order valence-corrected chi connectivity index (χ0v) is 13.1. The van der Waals surface area contributed by atoms with Gasteiger partial charge in [0.1, 0.15) is 0 Å². The molecule has 0 saturated carbocycles. The third-order valence-corrected chi connectivity index (χ3v) is 5.63. The average molecular weight is 316 g/mol. The second-order valence-corrected chi connectivity index (χ2v) is 8.54. The quantitative estimate of drug-likeness (QED) is 0.890. The second-order valence-electron chi connectivity index (χ2n) is 5.73. The predicted molar refractivity (Wildman–Crippen MR) is 79.2 cm³/mol. The van der Waals surface area contributed by atoms with E-state index in [1.807, 2.05) is 0 Å². The van der Waals surface area contributed by atoms with E-state index in [1.165, 1.54) is 11.1 Å². The molecule has 0 aliphatic carbocycles. The minimum atomic E-state index is -3.18. The summed E-state index contributed by atoms with van der Waals surface area (Å²) in [6, 6.07) is 4.13. The number of fused-ring (bicyclic) bond motifs is 1. The highest BCUT2D eigenvalue weighted by molar-refractivity contribution is 7.88. The lowest BCUT2D eigenvalue weighted by Crippen LogP contribution is -2.49. The van der Waals surface area contributed by atoms with Gasteiger partial charge in [-0.1, -0.05) is 6.07 Å². The van der Waals surface area contributed by atoms with E-state index in [0.717, 1.165) is 26.2 Å². The van der Waals surface area contributed by atoms with Gasteiger partial charge in [0, 0.05) is 36.5 Å². The molecule has 2 fully saturated rings. The standard InChI is InChI=1S/C13H20N2O3S2/c1-20(16,17)14-13-9-18-8-10-5-15(7-12(10)13)6-11-3-2-4-19-11/h2-4,10,12-14H,5-9H2,1H3/t10-,12-,13-/m0/s1. The molecule has 3 atom stereocenters. The fourth-order valence-electron chi connectivity index (χ4n) is 3.24. The third kappa shape index (κ3) is 3.40. The third-order valence-electron chi connectivity index (χ3n) is 4.04. The SMILES string of the molecule is CS(=O)(=O)N[C@H]1COC[C@@H]2CN(Cc3cccs3)C[C@@H]21. The maximum absolute atomic E-state index is 11.4. The minimum Gasteiger partial charge on any atom is -0.379 e. The Balaban J connectivity index is 1.65. The van der Waals surface area contributed by atoms with Crippen LogP contribution in [0.5, 0.6) is 0 Å². The maximum Gasteiger partial charge on any atom is 0.209 e. The van der Waals surface area contributed by atoms with Gasteiger partial charge in [-0.2, -0.15) is 0 Å². The van der Waals surface area contributed by atoms with Gasteiger partial charge >= 0.3 is 0 Å². The van der Waals surface area contributed by atoms with Crippen molar-refractivity contribution in [3.63, 3.8) is 0 Å². The van der Waals surface area contributed by atoms with Crippen LogP contribution in [0, 0.1) is 11.8 Å². The molecule has 0 radical (unpaired) electrons. The molecule has 7 heteroatoms. The molecule has 1 aromatic rings. The lowest BCUT2D eigenvalue weighted by atomic mass is 9.88. The summed E-state index contributed by atoms with van der Waals surface area (Å²) in [5.74, 6) is 0.793. The first kappa shape index (κ1) is 14.5. The van der Waals surface area contributed by atoms with E-state index in [4.69, 9.17) is 4.74 Å². The van der Waals surface area contributed by atoms with Gasteiger partial charge in [-0.25, -0.2) is 13.1 Å². The molecule has 3 heterocycles. The molecular weight excluding hydrogens is 296 g/mol. The van der Waals surface area contributed by atoms with Crippen molar-refractivity contribution < 1.29 is 13.2 Å². The van der Waals surface area contributed by atoms with E-state index in [0.29, 0.717) is 18.4 Å². The normalized spacial score (nSPS) is 31.4. The molecule has 0 unspecified atom stereocenters. The molecule has 2 saturated heterocycles. The number of sulfonamides is 1. The Labute approximate surface area is 124 Å². The van der Waals surface area contributed by atoms with E-state index < -0.39 is 10.0 Å². The Morgan fingerprint density at radius 3 is 3.00 bits per heavy atom. The minimum absolute atomic E-state index is 0.0860. The molecule has 0 amide bonds. The molecule has 5 nitrogen and oxygen atoms in total. The zero-order valence-electron chi connectivity index (χ0n) is 11.5.